The highest BCUT2D eigenvalue weighted by Crippen LogP contribution is 2.14. The monoisotopic (exact) mass is 382 g/mol. The van der Waals surface area contributed by atoms with E-state index in [0.717, 1.165) is 23.7 Å². The van der Waals surface area contributed by atoms with Crippen LogP contribution in [0.5, 0.6) is 0 Å². The summed E-state index contributed by atoms with van der Waals surface area (Å²) in [5.74, 6) is 0.0634. The predicted molar refractivity (Wildman–Crippen MR) is 84.4 cm³/mol. The first-order chi connectivity index (χ1) is 10.2. The van der Waals surface area contributed by atoms with Crippen LogP contribution in [-0.2, 0) is 6.54 Å². The van der Waals surface area contributed by atoms with Gasteiger partial charge in [-0.1, -0.05) is 29.8 Å². The highest BCUT2D eigenvalue weighted by atomic mass is 79.9. The Morgan fingerprint density at radius 3 is 2.45 bits per heavy atom. The third kappa shape index (κ3) is 4.55. The van der Waals surface area contributed by atoms with Crippen LogP contribution in [0.15, 0.2) is 48.8 Å². The fourth-order valence-electron chi connectivity index (χ4n) is 2.26. The van der Waals surface area contributed by atoms with E-state index < -0.39 is 0 Å². The van der Waals surface area contributed by atoms with Gasteiger partial charge in [0.2, 0.25) is 0 Å². The Hall–Kier alpha value is -1.39. The van der Waals surface area contributed by atoms with E-state index in [2.05, 4.69) is 0 Å². The van der Waals surface area contributed by atoms with Crippen LogP contribution in [-0.4, -0.2) is 23.9 Å². The lowest BCUT2D eigenvalue weighted by atomic mass is 10.2. The first kappa shape index (κ1) is 18.7. The molecule has 0 atom stereocenters. The predicted octanol–water partition coefficient (Wildman–Crippen LogP) is 0.162. The largest absolute Gasteiger partial charge is 1.00 e. The Labute approximate surface area is 147 Å². The molecule has 2 aromatic rings. The molecule has 0 saturated heterocycles. The lowest BCUT2D eigenvalue weighted by molar-refractivity contribution is -0.688. The summed E-state index contributed by atoms with van der Waals surface area (Å²) in [5.41, 5.74) is 1.74. The molecule has 1 aromatic carbocycles. The van der Waals surface area contributed by atoms with Crippen molar-refractivity contribution in [1.29, 1.82) is 0 Å². The SMILES string of the molecule is CCN(CC)C(=O)c1ccc[n+](Cc2ccccc2Cl)c1.[Br-]. The Morgan fingerprint density at radius 1 is 1.14 bits per heavy atom. The third-order valence-corrected chi connectivity index (χ3v) is 3.84. The highest BCUT2D eigenvalue weighted by molar-refractivity contribution is 6.31. The molecule has 3 nitrogen and oxygen atoms in total. The summed E-state index contributed by atoms with van der Waals surface area (Å²) in [7, 11) is 0. The second kappa shape index (κ2) is 8.91. The van der Waals surface area contributed by atoms with Gasteiger partial charge in [-0.3, -0.25) is 4.79 Å². The zero-order chi connectivity index (χ0) is 15.2. The number of hydrogen-bond acceptors (Lipinski definition) is 1. The van der Waals surface area contributed by atoms with Crippen molar-refractivity contribution in [1.82, 2.24) is 4.90 Å². The van der Waals surface area contributed by atoms with E-state index in [9.17, 15) is 4.79 Å². The number of nitrogens with zero attached hydrogens (tertiary/aromatic N) is 2. The van der Waals surface area contributed by atoms with Crippen molar-refractivity contribution in [2.24, 2.45) is 0 Å². The number of halogens is 2. The average molecular weight is 384 g/mol. The van der Waals surface area contributed by atoms with Crippen LogP contribution in [0.1, 0.15) is 29.8 Å². The summed E-state index contributed by atoms with van der Waals surface area (Å²) < 4.78 is 1.98. The van der Waals surface area contributed by atoms with Crippen molar-refractivity contribution >= 4 is 17.5 Å². The number of carbonyl (C=O) groups excluding carboxylic acids is 1. The highest BCUT2D eigenvalue weighted by Gasteiger charge is 2.16. The van der Waals surface area contributed by atoms with Crippen molar-refractivity contribution in [3.05, 3.63) is 64.9 Å². The van der Waals surface area contributed by atoms with Gasteiger partial charge in [-0.15, -0.1) is 0 Å². The van der Waals surface area contributed by atoms with Gasteiger partial charge in [0.05, 0.1) is 5.02 Å². The van der Waals surface area contributed by atoms with Gasteiger partial charge in [0.25, 0.3) is 5.91 Å². The number of pyridine rings is 1. The average Bonchev–Trinajstić information content (AvgIpc) is 2.51. The zero-order valence-corrected chi connectivity index (χ0v) is 15.1. The van der Waals surface area contributed by atoms with Gasteiger partial charge < -0.3 is 21.9 Å². The maximum absolute atomic E-state index is 12.4. The van der Waals surface area contributed by atoms with Crippen LogP contribution >= 0.6 is 11.6 Å². The van der Waals surface area contributed by atoms with Crippen molar-refractivity contribution in [2.75, 3.05) is 13.1 Å². The molecule has 0 bridgehead atoms. The van der Waals surface area contributed by atoms with E-state index in [1.807, 2.05) is 72.1 Å². The van der Waals surface area contributed by atoms with Crippen molar-refractivity contribution in [3.63, 3.8) is 0 Å². The second-order valence-electron chi connectivity index (χ2n) is 4.83. The summed E-state index contributed by atoms with van der Waals surface area (Å²) in [6.07, 6.45) is 3.83. The molecule has 0 aliphatic heterocycles. The molecule has 0 saturated carbocycles. The number of amides is 1. The molecule has 0 aliphatic carbocycles. The molecule has 0 radical (unpaired) electrons. The number of aromatic nitrogens is 1. The normalized spacial score (nSPS) is 9.95. The minimum Gasteiger partial charge on any atom is -1.00 e. The van der Waals surface area contributed by atoms with Gasteiger partial charge in [-0.05, 0) is 26.0 Å². The summed E-state index contributed by atoms with van der Waals surface area (Å²) in [5, 5.41) is 0.741. The molecule has 0 N–H and O–H groups in total. The molecular formula is C17H20BrClN2O. The molecule has 2 rings (SSSR count). The molecule has 0 spiro atoms. The van der Waals surface area contributed by atoms with E-state index in [4.69, 9.17) is 11.6 Å². The van der Waals surface area contributed by atoms with E-state index in [1.165, 1.54) is 0 Å². The number of rotatable bonds is 5. The maximum atomic E-state index is 12.4. The van der Waals surface area contributed by atoms with Crippen molar-refractivity contribution in [3.8, 4) is 0 Å². The molecule has 22 heavy (non-hydrogen) atoms. The summed E-state index contributed by atoms with van der Waals surface area (Å²) in [4.78, 5) is 14.2. The lowest BCUT2D eigenvalue weighted by Gasteiger charge is -2.17. The van der Waals surface area contributed by atoms with Gasteiger partial charge in [-0.25, -0.2) is 0 Å². The molecule has 1 heterocycles. The van der Waals surface area contributed by atoms with Gasteiger partial charge in [-0.2, -0.15) is 4.57 Å². The molecule has 0 fully saturated rings. The maximum Gasteiger partial charge on any atom is 0.259 e. The first-order valence-corrected chi connectivity index (χ1v) is 7.55. The van der Waals surface area contributed by atoms with Crippen LogP contribution in [0.3, 0.4) is 0 Å². The Morgan fingerprint density at radius 2 is 1.82 bits per heavy atom. The van der Waals surface area contributed by atoms with Crippen molar-refractivity contribution in [2.45, 2.75) is 20.4 Å². The van der Waals surface area contributed by atoms with Gasteiger partial charge >= 0.3 is 0 Å². The van der Waals surface area contributed by atoms with Crippen LogP contribution < -0.4 is 21.5 Å². The standard InChI is InChI=1S/C17H20ClN2O.BrH/c1-3-20(4-2)17(21)15-9-7-11-19(13-15)12-14-8-5-6-10-16(14)18;/h5-11,13H,3-4,12H2,1-2H3;1H/q+1;/p-1. The molecule has 5 heteroatoms. The lowest BCUT2D eigenvalue weighted by Crippen LogP contribution is -3.00. The molecule has 0 unspecified atom stereocenters. The Kier molecular flexibility index (Phi) is 7.56. The minimum absolute atomic E-state index is 0. The van der Waals surface area contributed by atoms with E-state index in [0.29, 0.717) is 12.1 Å². The van der Waals surface area contributed by atoms with Gasteiger partial charge in [0, 0.05) is 24.7 Å². The Bertz CT molecular complexity index is 630. The number of hydrogen-bond donors (Lipinski definition) is 0. The van der Waals surface area contributed by atoms with Crippen LogP contribution in [0.4, 0.5) is 0 Å². The van der Waals surface area contributed by atoms with Gasteiger partial charge in [0.15, 0.2) is 18.9 Å². The third-order valence-electron chi connectivity index (χ3n) is 3.47. The molecular weight excluding hydrogens is 364 g/mol. The quantitative estimate of drug-likeness (QED) is 0.675. The van der Waals surface area contributed by atoms with E-state index >= 15 is 0 Å². The van der Waals surface area contributed by atoms with E-state index in [1.54, 1.807) is 0 Å². The summed E-state index contributed by atoms with van der Waals surface area (Å²) >= 11 is 6.18. The number of carbonyl (C=O) groups is 1. The summed E-state index contributed by atoms with van der Waals surface area (Å²) in [6.45, 7) is 6.06. The van der Waals surface area contributed by atoms with Crippen molar-refractivity contribution < 1.29 is 26.3 Å². The smallest absolute Gasteiger partial charge is 0.259 e. The van der Waals surface area contributed by atoms with Crippen LogP contribution in [0, 0.1) is 0 Å². The summed E-state index contributed by atoms with van der Waals surface area (Å²) in [6, 6.07) is 11.5. The minimum atomic E-state index is 0. The topological polar surface area (TPSA) is 24.2 Å². The van der Waals surface area contributed by atoms with Crippen LogP contribution in [0.2, 0.25) is 5.02 Å². The molecule has 0 aliphatic rings. The van der Waals surface area contributed by atoms with Gasteiger partial charge in [0.1, 0.15) is 5.56 Å². The second-order valence-corrected chi connectivity index (χ2v) is 5.24. The van der Waals surface area contributed by atoms with Crippen LogP contribution in [0.25, 0.3) is 0 Å². The fraction of sp³-hybridized carbons (Fsp3) is 0.294. The first-order valence-electron chi connectivity index (χ1n) is 7.17. The number of benzene rings is 1. The zero-order valence-electron chi connectivity index (χ0n) is 12.8. The molecule has 1 aromatic heterocycles. The Balaban J connectivity index is 0.00000242. The molecule has 118 valence electrons. The fourth-order valence-corrected chi connectivity index (χ4v) is 2.46. The van der Waals surface area contributed by atoms with E-state index in [-0.39, 0.29) is 22.9 Å². The molecule has 1 amide bonds.